The normalized spacial score (nSPS) is 12.1. The molecule has 0 fully saturated rings. The third kappa shape index (κ3) is 19.4. The van der Waals surface area contributed by atoms with Gasteiger partial charge in [0.15, 0.2) is 0 Å². The van der Waals surface area contributed by atoms with Crippen LogP contribution in [0.3, 0.4) is 0 Å². The van der Waals surface area contributed by atoms with Gasteiger partial charge in [0.05, 0.1) is 0 Å². The van der Waals surface area contributed by atoms with E-state index in [9.17, 15) is 0 Å². The molecule has 0 saturated heterocycles. The average Bonchev–Trinajstić information content (AvgIpc) is 3.20. The van der Waals surface area contributed by atoms with Gasteiger partial charge in [-0.05, 0) is 0 Å². The molecule has 2 aliphatic carbocycles. The van der Waals surface area contributed by atoms with Crippen LogP contribution in [0.25, 0.3) is 0 Å². The van der Waals surface area contributed by atoms with E-state index in [2.05, 4.69) is 30.4 Å². The number of allylic oxidation sites excluding steroid dienone is 8. The first-order valence-corrected chi connectivity index (χ1v) is 6.34. The van der Waals surface area contributed by atoms with E-state index in [4.69, 9.17) is 5.11 Å². The van der Waals surface area contributed by atoms with Crippen molar-refractivity contribution in [2.24, 2.45) is 0 Å². The van der Waals surface area contributed by atoms with E-state index >= 15 is 0 Å². The van der Waals surface area contributed by atoms with Crippen LogP contribution in [0.4, 0.5) is 0 Å². The average molecular weight is 344 g/mol. The van der Waals surface area contributed by atoms with Gasteiger partial charge < -0.3 is 5.11 Å². The van der Waals surface area contributed by atoms with Crippen LogP contribution < -0.4 is 5.11 Å². The minimum atomic E-state index is 0. The van der Waals surface area contributed by atoms with Crippen molar-refractivity contribution in [3.05, 3.63) is 85.0 Å². The fraction of sp³-hybridized carbons (Fsp3) is 0.222. The first kappa shape index (κ1) is 21.3. The van der Waals surface area contributed by atoms with Gasteiger partial charge in [0.25, 0.3) is 0 Å². The Labute approximate surface area is 142 Å². The minimum absolute atomic E-state index is 0. The van der Waals surface area contributed by atoms with Gasteiger partial charge in [0, 0.05) is 0 Å². The van der Waals surface area contributed by atoms with E-state index in [-0.39, 0.29) is 32.8 Å². The zero-order chi connectivity index (χ0) is 14.0. The monoisotopic (exact) mass is 342 g/mol. The summed E-state index contributed by atoms with van der Waals surface area (Å²) < 4.78 is 0. The standard InChI is InChI=1S/C6H5.2C5H5.C2H5O.Zr/c1-2-4-6-5-3-1;2*1-2-4-5-3-1;1-2-3;/h1-5H;2*1-3H,4H2;2H2,1H3;/q4*-1;+4. The van der Waals surface area contributed by atoms with Crippen LogP contribution >= 0.6 is 0 Å². The molecule has 1 aromatic carbocycles. The summed E-state index contributed by atoms with van der Waals surface area (Å²) in [5.41, 5.74) is 0. The van der Waals surface area contributed by atoms with E-state index in [0.29, 0.717) is 0 Å². The second-order valence-corrected chi connectivity index (χ2v) is 3.37. The van der Waals surface area contributed by atoms with Gasteiger partial charge in [0.2, 0.25) is 0 Å². The largest absolute Gasteiger partial charge is 4.00 e. The van der Waals surface area contributed by atoms with Crippen molar-refractivity contribution in [3.8, 4) is 0 Å². The zero-order valence-corrected chi connectivity index (χ0v) is 14.3. The summed E-state index contributed by atoms with van der Waals surface area (Å²) in [6.07, 6.45) is 20.0. The Bertz CT molecular complexity index is 309. The molecule has 0 amide bonds. The van der Waals surface area contributed by atoms with E-state index in [0.717, 1.165) is 12.8 Å². The van der Waals surface area contributed by atoms with Crippen LogP contribution in [0.2, 0.25) is 0 Å². The Morgan fingerprint density at radius 2 is 1.35 bits per heavy atom. The Balaban J connectivity index is 0. The maximum atomic E-state index is 8.93. The molecular weight excluding hydrogens is 323 g/mol. The fourth-order valence-electron chi connectivity index (χ4n) is 1.02. The predicted molar refractivity (Wildman–Crippen MR) is 79.0 cm³/mol. The maximum Gasteiger partial charge on any atom is 4.00 e. The molecule has 1 aromatic rings. The Hall–Kier alpha value is -0.977. The molecule has 20 heavy (non-hydrogen) atoms. The van der Waals surface area contributed by atoms with Gasteiger partial charge in [-0.1, -0.05) is 6.92 Å². The second kappa shape index (κ2) is 20.3. The Morgan fingerprint density at radius 1 is 0.900 bits per heavy atom. The second-order valence-electron chi connectivity index (χ2n) is 3.37. The quantitative estimate of drug-likeness (QED) is 0.662. The summed E-state index contributed by atoms with van der Waals surface area (Å²) in [7, 11) is 0. The first-order chi connectivity index (χ1) is 9.41. The SMILES string of the molecule is CC[O-].[C-]1=CC=CC1.[C-]1=CC=CC1.[Zr+4].[c-]1ccccc1. The number of benzene rings is 1. The van der Waals surface area contributed by atoms with Crippen LogP contribution in [0.15, 0.2) is 66.8 Å². The first-order valence-electron chi connectivity index (χ1n) is 6.34. The summed E-state index contributed by atoms with van der Waals surface area (Å²) in [4.78, 5) is 0. The molecule has 1 nitrogen and oxygen atoms in total. The summed E-state index contributed by atoms with van der Waals surface area (Å²) >= 11 is 0. The molecule has 0 bridgehead atoms. The van der Waals surface area contributed by atoms with E-state index in [1.54, 1.807) is 6.92 Å². The Kier molecular flexibility index (Phi) is 21.7. The van der Waals surface area contributed by atoms with Crippen molar-refractivity contribution in [3.63, 3.8) is 0 Å². The van der Waals surface area contributed by atoms with Gasteiger partial charge in [-0.25, -0.2) is 24.3 Å². The number of rotatable bonds is 0. The van der Waals surface area contributed by atoms with Crippen molar-refractivity contribution in [2.75, 3.05) is 6.61 Å². The van der Waals surface area contributed by atoms with E-state index in [1.807, 2.05) is 54.6 Å². The minimum Gasteiger partial charge on any atom is -0.855 e. The fourth-order valence-corrected chi connectivity index (χ4v) is 1.02. The molecule has 3 rings (SSSR count). The van der Waals surface area contributed by atoms with Gasteiger partial charge in [-0.15, -0.1) is 19.4 Å². The summed E-state index contributed by atoms with van der Waals surface area (Å²) in [5, 5.41) is 8.93. The van der Waals surface area contributed by atoms with Crippen LogP contribution in [-0.2, 0) is 26.2 Å². The molecule has 0 radical (unpaired) electrons. The third-order valence-corrected chi connectivity index (χ3v) is 1.78. The maximum absolute atomic E-state index is 8.93. The van der Waals surface area contributed by atoms with Gasteiger partial charge in [0.1, 0.15) is 0 Å². The smallest absolute Gasteiger partial charge is 0.855 e. The van der Waals surface area contributed by atoms with E-state index in [1.165, 1.54) is 0 Å². The number of hydrogen-bond acceptors (Lipinski definition) is 1. The molecule has 0 unspecified atom stereocenters. The molecule has 0 aromatic heterocycles. The Morgan fingerprint density at radius 3 is 1.45 bits per heavy atom. The van der Waals surface area contributed by atoms with Crippen LogP contribution in [0.1, 0.15) is 19.8 Å². The van der Waals surface area contributed by atoms with Crippen molar-refractivity contribution >= 4 is 0 Å². The molecule has 0 spiro atoms. The van der Waals surface area contributed by atoms with Crippen LogP contribution in [-0.4, -0.2) is 6.61 Å². The zero-order valence-electron chi connectivity index (χ0n) is 11.9. The molecule has 0 aliphatic heterocycles. The third-order valence-electron chi connectivity index (χ3n) is 1.78. The van der Waals surface area contributed by atoms with Crippen LogP contribution in [0.5, 0.6) is 0 Å². The molecule has 2 aliphatic rings. The molecule has 0 atom stereocenters. The molecule has 0 N–H and O–H groups in total. The van der Waals surface area contributed by atoms with Gasteiger partial charge in [-0.2, -0.15) is 48.6 Å². The summed E-state index contributed by atoms with van der Waals surface area (Å²) in [5.74, 6) is 0. The van der Waals surface area contributed by atoms with Gasteiger partial charge >= 0.3 is 26.2 Å². The van der Waals surface area contributed by atoms with Crippen molar-refractivity contribution in [1.82, 2.24) is 0 Å². The molecular formula is C18H20OZr. The molecule has 0 heterocycles. The topological polar surface area (TPSA) is 23.1 Å². The summed E-state index contributed by atoms with van der Waals surface area (Å²) in [6, 6.07) is 12.5. The van der Waals surface area contributed by atoms with E-state index < -0.39 is 0 Å². The predicted octanol–water partition coefficient (Wildman–Crippen LogP) is 3.46. The molecule has 2 heteroatoms. The molecule has 102 valence electrons. The van der Waals surface area contributed by atoms with Crippen LogP contribution in [0, 0.1) is 18.2 Å². The molecule has 0 saturated carbocycles. The number of hydrogen-bond donors (Lipinski definition) is 0. The summed E-state index contributed by atoms with van der Waals surface area (Å²) in [6.45, 7) is 1.57. The van der Waals surface area contributed by atoms with Crippen molar-refractivity contribution in [1.29, 1.82) is 0 Å². The van der Waals surface area contributed by atoms with Crippen molar-refractivity contribution < 1.29 is 31.3 Å². The van der Waals surface area contributed by atoms with Gasteiger partial charge in [-0.3, -0.25) is 12.2 Å². The van der Waals surface area contributed by atoms with Crippen molar-refractivity contribution in [2.45, 2.75) is 19.8 Å².